The minimum Gasteiger partial charge on any atom is -0.362 e. The molecule has 108 valence electrons. The van der Waals surface area contributed by atoms with Crippen molar-refractivity contribution in [2.24, 2.45) is 0 Å². The van der Waals surface area contributed by atoms with Crippen LogP contribution in [0.4, 0.5) is 5.69 Å². The Labute approximate surface area is 124 Å². The number of aryl methyl sites for hydroxylation is 1. The summed E-state index contributed by atoms with van der Waals surface area (Å²) in [6.45, 7) is 5.55. The fourth-order valence-corrected chi connectivity index (χ4v) is 2.36. The molecule has 0 saturated heterocycles. The van der Waals surface area contributed by atoms with Gasteiger partial charge < -0.3 is 14.7 Å². The van der Waals surface area contributed by atoms with Gasteiger partial charge >= 0.3 is 0 Å². The van der Waals surface area contributed by atoms with E-state index < -0.39 is 0 Å². The number of halogens is 1. The second-order valence-electron chi connectivity index (χ2n) is 4.68. The van der Waals surface area contributed by atoms with Gasteiger partial charge in [0.05, 0.1) is 6.54 Å². The van der Waals surface area contributed by atoms with Crippen LogP contribution in [0.2, 0.25) is 0 Å². The van der Waals surface area contributed by atoms with Crippen molar-refractivity contribution < 1.29 is 4.52 Å². The van der Waals surface area contributed by atoms with Gasteiger partial charge in [-0.25, -0.2) is 0 Å². The molecule has 1 aliphatic heterocycles. The highest BCUT2D eigenvalue weighted by Gasteiger charge is 2.16. The molecule has 0 spiro atoms. The molecule has 5 nitrogen and oxygen atoms in total. The zero-order chi connectivity index (χ0) is 13.1. The number of anilines is 1. The highest BCUT2D eigenvalue weighted by Crippen LogP contribution is 2.23. The van der Waals surface area contributed by atoms with Crippen molar-refractivity contribution in [2.75, 3.05) is 18.0 Å². The van der Waals surface area contributed by atoms with E-state index in [-0.39, 0.29) is 12.4 Å². The first-order chi connectivity index (χ1) is 9.36. The maximum Gasteiger partial charge on any atom is 0.226 e. The Kier molecular flexibility index (Phi) is 4.98. The summed E-state index contributed by atoms with van der Waals surface area (Å²) < 4.78 is 5.17. The van der Waals surface area contributed by atoms with Gasteiger partial charge in [-0.3, -0.25) is 0 Å². The average molecular weight is 295 g/mol. The van der Waals surface area contributed by atoms with Crippen molar-refractivity contribution in [3.63, 3.8) is 0 Å². The summed E-state index contributed by atoms with van der Waals surface area (Å²) in [6.07, 6.45) is 0.783. The first-order valence-electron chi connectivity index (χ1n) is 6.72. The monoisotopic (exact) mass is 294 g/mol. The van der Waals surface area contributed by atoms with Crippen LogP contribution >= 0.6 is 12.4 Å². The van der Waals surface area contributed by atoms with Crippen LogP contribution in [0.1, 0.15) is 24.2 Å². The molecule has 0 unspecified atom stereocenters. The molecule has 0 fully saturated rings. The molecular formula is C14H19ClN4O. The average Bonchev–Trinajstić information content (AvgIpc) is 2.80. The molecule has 0 atom stereocenters. The van der Waals surface area contributed by atoms with Crippen molar-refractivity contribution in [1.82, 2.24) is 15.5 Å². The van der Waals surface area contributed by atoms with Gasteiger partial charge in [-0.2, -0.15) is 4.98 Å². The highest BCUT2D eigenvalue weighted by atomic mass is 35.5. The molecule has 0 amide bonds. The third-order valence-electron chi connectivity index (χ3n) is 3.35. The summed E-state index contributed by atoms with van der Waals surface area (Å²) in [4.78, 5) is 6.69. The van der Waals surface area contributed by atoms with Gasteiger partial charge in [-0.05, 0) is 11.6 Å². The summed E-state index contributed by atoms with van der Waals surface area (Å²) in [5.74, 6) is 1.46. The zero-order valence-corrected chi connectivity index (χ0v) is 12.3. The molecule has 1 aliphatic rings. The molecular weight excluding hydrogens is 276 g/mol. The van der Waals surface area contributed by atoms with Crippen LogP contribution in [-0.2, 0) is 19.5 Å². The number of benzene rings is 1. The number of hydrogen-bond donors (Lipinski definition) is 1. The maximum atomic E-state index is 5.17. The van der Waals surface area contributed by atoms with E-state index in [9.17, 15) is 0 Å². The molecule has 1 aromatic carbocycles. The third-order valence-corrected chi connectivity index (χ3v) is 3.35. The van der Waals surface area contributed by atoms with E-state index in [1.54, 1.807) is 0 Å². The van der Waals surface area contributed by atoms with E-state index >= 15 is 0 Å². The zero-order valence-electron chi connectivity index (χ0n) is 11.5. The van der Waals surface area contributed by atoms with E-state index in [2.05, 4.69) is 44.6 Å². The van der Waals surface area contributed by atoms with E-state index in [4.69, 9.17) is 4.52 Å². The van der Waals surface area contributed by atoms with Gasteiger partial charge in [0, 0.05) is 31.7 Å². The summed E-state index contributed by atoms with van der Waals surface area (Å²) in [6, 6.07) is 8.47. The van der Waals surface area contributed by atoms with Crippen molar-refractivity contribution in [3.05, 3.63) is 41.5 Å². The number of fused-ring (bicyclic) bond motifs is 1. The lowest BCUT2D eigenvalue weighted by Gasteiger charge is -2.22. The maximum absolute atomic E-state index is 5.17. The summed E-state index contributed by atoms with van der Waals surface area (Å²) >= 11 is 0. The molecule has 20 heavy (non-hydrogen) atoms. The van der Waals surface area contributed by atoms with Gasteiger partial charge in [0.25, 0.3) is 0 Å². The molecule has 0 saturated carbocycles. The number of nitrogens with zero attached hydrogens (tertiary/aromatic N) is 3. The van der Waals surface area contributed by atoms with Gasteiger partial charge in [0.1, 0.15) is 0 Å². The fourth-order valence-electron chi connectivity index (χ4n) is 2.36. The smallest absolute Gasteiger partial charge is 0.226 e. The van der Waals surface area contributed by atoms with E-state index in [0.717, 1.165) is 31.9 Å². The second-order valence-corrected chi connectivity index (χ2v) is 4.68. The van der Waals surface area contributed by atoms with Gasteiger partial charge in [-0.15, -0.1) is 12.4 Å². The molecule has 1 aromatic heterocycles. The normalized spacial score (nSPS) is 14.3. The van der Waals surface area contributed by atoms with Gasteiger partial charge in [0.15, 0.2) is 5.82 Å². The van der Waals surface area contributed by atoms with Crippen LogP contribution in [0.5, 0.6) is 0 Å². The van der Waals surface area contributed by atoms with Gasteiger partial charge in [0.2, 0.25) is 5.89 Å². The Hall–Kier alpha value is -1.59. The predicted molar refractivity (Wildman–Crippen MR) is 80.1 cm³/mol. The Balaban J connectivity index is 0.00000147. The van der Waals surface area contributed by atoms with Crippen LogP contribution in [0, 0.1) is 0 Å². The predicted octanol–water partition coefficient (Wildman–Crippen LogP) is 2.16. The highest BCUT2D eigenvalue weighted by molar-refractivity contribution is 5.85. The molecule has 0 bridgehead atoms. The molecule has 0 aliphatic carbocycles. The molecule has 2 heterocycles. The van der Waals surface area contributed by atoms with Crippen LogP contribution < -0.4 is 10.2 Å². The Morgan fingerprint density at radius 2 is 2.20 bits per heavy atom. The minimum absolute atomic E-state index is 0. The topological polar surface area (TPSA) is 54.2 Å². The number of nitrogens with one attached hydrogen (secondary N) is 1. The summed E-state index contributed by atoms with van der Waals surface area (Å²) in [7, 11) is 0. The van der Waals surface area contributed by atoms with Crippen molar-refractivity contribution in [3.8, 4) is 0 Å². The molecule has 1 N–H and O–H groups in total. The second kappa shape index (κ2) is 6.72. The number of hydrogen-bond acceptors (Lipinski definition) is 5. The Morgan fingerprint density at radius 1 is 1.35 bits per heavy atom. The Morgan fingerprint density at radius 3 is 3.00 bits per heavy atom. The summed E-state index contributed by atoms with van der Waals surface area (Å²) in [5.41, 5.74) is 2.58. The van der Waals surface area contributed by atoms with E-state index in [1.807, 2.05) is 6.92 Å². The molecule has 2 aromatic rings. The van der Waals surface area contributed by atoms with Crippen LogP contribution in [0.3, 0.4) is 0 Å². The Bertz CT molecular complexity index is 558. The van der Waals surface area contributed by atoms with Crippen LogP contribution in [0.15, 0.2) is 28.8 Å². The number of aromatic nitrogens is 2. The van der Waals surface area contributed by atoms with Crippen LogP contribution in [-0.4, -0.2) is 23.2 Å². The van der Waals surface area contributed by atoms with Crippen molar-refractivity contribution >= 4 is 18.1 Å². The molecule has 0 radical (unpaired) electrons. The van der Waals surface area contributed by atoms with Crippen molar-refractivity contribution in [1.29, 1.82) is 0 Å². The van der Waals surface area contributed by atoms with E-state index in [1.165, 1.54) is 11.3 Å². The summed E-state index contributed by atoms with van der Waals surface area (Å²) in [5, 5.41) is 7.47. The fraction of sp³-hybridized carbons (Fsp3) is 0.429. The standard InChI is InChI=1S/C14H18N4O.ClH/c1-2-14-16-13(17-19-14)10-18-8-7-15-9-11-5-3-4-6-12(11)18;/h3-6,15H,2,7-10H2,1H3;1H. The van der Waals surface area contributed by atoms with Gasteiger partial charge in [-0.1, -0.05) is 30.3 Å². The third kappa shape index (κ3) is 3.11. The first-order valence-corrected chi connectivity index (χ1v) is 6.72. The molecule has 3 rings (SSSR count). The minimum atomic E-state index is 0. The SMILES string of the molecule is CCc1nc(CN2CCNCc3ccccc32)no1.Cl. The van der Waals surface area contributed by atoms with Crippen LogP contribution in [0.25, 0.3) is 0 Å². The van der Waals surface area contributed by atoms with Crippen molar-refractivity contribution in [2.45, 2.75) is 26.4 Å². The number of rotatable bonds is 3. The van der Waals surface area contributed by atoms with E-state index in [0.29, 0.717) is 12.4 Å². The lowest BCUT2D eigenvalue weighted by Crippen LogP contribution is -2.28. The lowest BCUT2D eigenvalue weighted by molar-refractivity contribution is 0.376. The largest absolute Gasteiger partial charge is 0.362 e. The number of para-hydroxylation sites is 1. The lowest BCUT2D eigenvalue weighted by atomic mass is 10.1. The first kappa shape index (κ1) is 14.8. The quantitative estimate of drug-likeness (QED) is 0.940. The molecule has 6 heteroatoms.